The predicted molar refractivity (Wildman–Crippen MR) is 110 cm³/mol. The average molecular weight is 419 g/mol. The number of benzene rings is 1. The number of H-pyrrole nitrogens is 1. The molecule has 0 bridgehead atoms. The van der Waals surface area contributed by atoms with E-state index in [4.69, 9.17) is 0 Å². The zero-order valence-electron chi connectivity index (χ0n) is 15.8. The third-order valence-electron chi connectivity index (χ3n) is 4.17. The van der Waals surface area contributed by atoms with E-state index in [1.165, 1.54) is 42.2 Å². The molecule has 3 rings (SSSR count). The second kappa shape index (κ2) is 8.24. The maximum absolute atomic E-state index is 13.3. The Bertz CT molecular complexity index is 1040. The Morgan fingerprint density at radius 1 is 1.29 bits per heavy atom. The zero-order chi connectivity index (χ0) is 20.4. The summed E-state index contributed by atoms with van der Waals surface area (Å²) in [6, 6.07) is 6.06. The number of nitrogens with one attached hydrogen (secondary N) is 2. The van der Waals surface area contributed by atoms with Crippen molar-refractivity contribution in [2.75, 3.05) is 5.32 Å². The number of rotatable bonds is 7. The first kappa shape index (κ1) is 20.2. The smallest absolute Gasteiger partial charge is 0.210 e. The molecular formula is C19H19FN4O2S2. The van der Waals surface area contributed by atoms with Gasteiger partial charge in [-0.15, -0.1) is 10.2 Å². The van der Waals surface area contributed by atoms with Gasteiger partial charge in [-0.05, 0) is 51.5 Å². The SMILES string of the molecule is CC(=O)c1c(C)[nH]c(C(=O)C(C)Sc2nnc(Nc3cccc(F)c3)s2)c1C. The van der Waals surface area contributed by atoms with E-state index in [0.29, 0.717) is 37.7 Å². The van der Waals surface area contributed by atoms with Crippen LogP contribution >= 0.6 is 23.1 Å². The van der Waals surface area contributed by atoms with Crippen molar-refractivity contribution in [2.45, 2.75) is 37.3 Å². The van der Waals surface area contributed by atoms with Crippen LogP contribution in [0.5, 0.6) is 0 Å². The summed E-state index contributed by atoms with van der Waals surface area (Å²) in [6.07, 6.45) is 0. The number of carbonyl (C=O) groups excluding carboxylic acids is 2. The van der Waals surface area contributed by atoms with Gasteiger partial charge in [0.15, 0.2) is 15.9 Å². The fraction of sp³-hybridized carbons (Fsp3) is 0.263. The highest BCUT2D eigenvalue weighted by Crippen LogP contribution is 2.32. The van der Waals surface area contributed by atoms with Crippen molar-refractivity contribution in [3.8, 4) is 0 Å². The molecule has 0 amide bonds. The van der Waals surface area contributed by atoms with Gasteiger partial charge in [-0.1, -0.05) is 29.2 Å². The van der Waals surface area contributed by atoms with E-state index in [1.54, 1.807) is 32.9 Å². The van der Waals surface area contributed by atoms with Gasteiger partial charge in [0.25, 0.3) is 0 Å². The number of anilines is 2. The minimum Gasteiger partial charge on any atom is -0.355 e. The molecule has 2 heterocycles. The molecule has 0 fully saturated rings. The summed E-state index contributed by atoms with van der Waals surface area (Å²) in [5.74, 6) is -0.513. The lowest BCUT2D eigenvalue weighted by Gasteiger charge is -2.07. The van der Waals surface area contributed by atoms with Crippen molar-refractivity contribution in [3.05, 3.63) is 52.6 Å². The van der Waals surface area contributed by atoms with Gasteiger partial charge in [0, 0.05) is 16.9 Å². The molecule has 2 aromatic heterocycles. The number of hydrogen-bond acceptors (Lipinski definition) is 7. The van der Waals surface area contributed by atoms with E-state index in [0.717, 1.165) is 0 Å². The Balaban J connectivity index is 1.71. The number of Topliss-reactive ketones (excluding diaryl/α,β-unsaturated/α-hetero) is 2. The molecule has 1 atom stereocenters. The minimum absolute atomic E-state index is 0.0669. The highest BCUT2D eigenvalue weighted by atomic mass is 32.2. The summed E-state index contributed by atoms with van der Waals surface area (Å²) >= 11 is 2.57. The van der Waals surface area contributed by atoms with Crippen LogP contribution in [0.1, 0.15) is 46.0 Å². The maximum atomic E-state index is 13.3. The first-order chi connectivity index (χ1) is 13.3. The molecule has 0 radical (unpaired) electrons. The summed E-state index contributed by atoms with van der Waals surface area (Å²) in [5, 5.41) is 11.2. The number of aromatic amines is 1. The predicted octanol–water partition coefficient (Wildman–Crippen LogP) is 4.93. The number of hydrogen-bond donors (Lipinski definition) is 2. The maximum Gasteiger partial charge on any atom is 0.210 e. The largest absolute Gasteiger partial charge is 0.355 e. The molecule has 1 unspecified atom stereocenters. The van der Waals surface area contributed by atoms with Crippen molar-refractivity contribution in [1.29, 1.82) is 0 Å². The first-order valence-electron chi connectivity index (χ1n) is 8.53. The number of aromatic nitrogens is 3. The lowest BCUT2D eigenvalue weighted by Crippen LogP contribution is -2.15. The molecule has 0 spiro atoms. The van der Waals surface area contributed by atoms with Gasteiger partial charge < -0.3 is 10.3 Å². The number of thioether (sulfide) groups is 1. The number of ketones is 2. The molecule has 0 aliphatic carbocycles. The summed E-state index contributed by atoms with van der Waals surface area (Å²) < 4.78 is 13.9. The standard InChI is InChI=1S/C19H19FN4O2S2/c1-9-15(11(3)25)10(2)21-16(9)17(26)12(4)27-19-24-23-18(28-19)22-14-7-5-6-13(20)8-14/h5-8,12,21H,1-4H3,(H,22,23). The molecule has 0 saturated heterocycles. The molecule has 9 heteroatoms. The second-order valence-electron chi connectivity index (χ2n) is 6.31. The second-order valence-corrected chi connectivity index (χ2v) is 8.88. The van der Waals surface area contributed by atoms with Gasteiger partial charge in [-0.2, -0.15) is 0 Å². The fourth-order valence-corrected chi connectivity index (χ4v) is 4.91. The average Bonchev–Trinajstić information content (AvgIpc) is 3.17. The summed E-state index contributed by atoms with van der Waals surface area (Å²) in [5.41, 5.74) is 2.96. The van der Waals surface area contributed by atoms with Gasteiger partial charge in [0.05, 0.1) is 10.9 Å². The highest BCUT2D eigenvalue weighted by molar-refractivity contribution is 8.02. The number of halogens is 1. The van der Waals surface area contributed by atoms with E-state index in [2.05, 4.69) is 20.5 Å². The number of nitrogens with zero attached hydrogens (tertiary/aromatic N) is 2. The first-order valence-corrected chi connectivity index (χ1v) is 10.2. The highest BCUT2D eigenvalue weighted by Gasteiger charge is 2.25. The third kappa shape index (κ3) is 4.31. The lowest BCUT2D eigenvalue weighted by atomic mass is 10.0. The van der Waals surface area contributed by atoms with E-state index in [-0.39, 0.29) is 17.4 Å². The topological polar surface area (TPSA) is 87.7 Å². The van der Waals surface area contributed by atoms with Gasteiger partial charge >= 0.3 is 0 Å². The monoisotopic (exact) mass is 418 g/mol. The van der Waals surface area contributed by atoms with Crippen LogP contribution in [-0.4, -0.2) is 32.0 Å². The third-order valence-corrected chi connectivity index (χ3v) is 6.19. The summed E-state index contributed by atoms with van der Waals surface area (Å²) in [7, 11) is 0. The van der Waals surface area contributed by atoms with Crippen LogP contribution in [0.25, 0.3) is 0 Å². The van der Waals surface area contributed by atoms with Crippen molar-refractivity contribution in [3.63, 3.8) is 0 Å². The Morgan fingerprint density at radius 3 is 2.68 bits per heavy atom. The van der Waals surface area contributed by atoms with Crippen LogP contribution in [0.4, 0.5) is 15.2 Å². The molecule has 28 heavy (non-hydrogen) atoms. The van der Waals surface area contributed by atoms with Crippen LogP contribution in [0.15, 0.2) is 28.6 Å². The van der Waals surface area contributed by atoms with Crippen LogP contribution in [0.3, 0.4) is 0 Å². The molecule has 0 aliphatic rings. The van der Waals surface area contributed by atoms with E-state index in [9.17, 15) is 14.0 Å². The van der Waals surface area contributed by atoms with Crippen LogP contribution in [-0.2, 0) is 0 Å². The number of carbonyl (C=O) groups is 2. The summed E-state index contributed by atoms with van der Waals surface area (Å²) in [4.78, 5) is 27.6. The minimum atomic E-state index is -0.411. The molecule has 2 N–H and O–H groups in total. The van der Waals surface area contributed by atoms with Crippen LogP contribution < -0.4 is 5.32 Å². The van der Waals surface area contributed by atoms with Gasteiger partial charge in [0.1, 0.15) is 5.82 Å². The van der Waals surface area contributed by atoms with Crippen molar-refractivity contribution in [1.82, 2.24) is 15.2 Å². The normalized spacial score (nSPS) is 12.0. The Kier molecular flexibility index (Phi) is 5.95. The van der Waals surface area contributed by atoms with Crippen LogP contribution in [0.2, 0.25) is 0 Å². The molecule has 1 aromatic carbocycles. The number of aryl methyl sites for hydroxylation is 1. The van der Waals surface area contributed by atoms with Crippen LogP contribution in [0, 0.1) is 19.7 Å². The molecule has 0 saturated carbocycles. The van der Waals surface area contributed by atoms with E-state index >= 15 is 0 Å². The molecule has 0 aliphatic heterocycles. The summed E-state index contributed by atoms with van der Waals surface area (Å²) in [6.45, 7) is 6.84. The van der Waals surface area contributed by atoms with Crippen molar-refractivity contribution < 1.29 is 14.0 Å². The Hall–Kier alpha value is -2.52. The molecule has 146 valence electrons. The zero-order valence-corrected chi connectivity index (χ0v) is 17.4. The molecular weight excluding hydrogens is 399 g/mol. The van der Waals surface area contributed by atoms with E-state index < -0.39 is 5.25 Å². The quantitative estimate of drug-likeness (QED) is 0.418. The lowest BCUT2D eigenvalue weighted by molar-refractivity contribution is 0.0988. The van der Waals surface area contributed by atoms with E-state index in [1.807, 2.05) is 0 Å². The Morgan fingerprint density at radius 2 is 2.04 bits per heavy atom. The van der Waals surface area contributed by atoms with Gasteiger partial charge in [-0.3, -0.25) is 9.59 Å². The van der Waals surface area contributed by atoms with Crippen molar-refractivity contribution in [2.24, 2.45) is 0 Å². The molecule has 3 aromatic rings. The van der Waals surface area contributed by atoms with Gasteiger partial charge in [0.2, 0.25) is 5.13 Å². The van der Waals surface area contributed by atoms with Crippen molar-refractivity contribution >= 4 is 45.5 Å². The van der Waals surface area contributed by atoms with Gasteiger partial charge in [-0.25, -0.2) is 4.39 Å². The Labute approximate surface area is 170 Å². The fourth-order valence-electron chi connectivity index (χ4n) is 2.93. The molecule has 6 nitrogen and oxygen atoms in total.